The maximum atomic E-state index is 14.0. The summed E-state index contributed by atoms with van der Waals surface area (Å²) in [6, 6.07) is 0. The first kappa shape index (κ1) is 74.9. The standard InChI is InChI=1S/C28H47N5O7Si2.C25H41N5O7Si2.C3H5.BrH.Mg/c1-12-13-28(35)23-21(14-37-41(16(2)3,17(4)5)40-42(39-23,18(6)7)19(8)9)38-26(28)33-15-29-22-24(33)31-27(30-20(10)34)32-25(22)36-11;1-13(2)38(14(3)4)34-11-18-21(36-39(37-38,15(5)6)16(7)8)20(32)24(35-18)30-12-26-19-22(30)28-25(27-17(9)31)29-23(19)33-10;1-3-2;;/h12,15-19,21,23,26,35H,1,13-14H2,2-11H3,(H,30,31,32,34);12-16,18,21,24H,11H2,1-10H3,(H,27,28,29,31);3H,1-2H2;1H;/q;;-1;;+2/p-1/t21-,23-,26-,28+;18-,21-,24-;;;/m11.../s1. The van der Waals surface area contributed by atoms with Crippen LogP contribution >= 0.6 is 0 Å². The Kier molecular flexibility index (Phi) is 26.1. The maximum absolute atomic E-state index is 14.0. The molecule has 4 saturated heterocycles. The van der Waals surface area contributed by atoms with Crippen LogP contribution in [-0.4, -0.2) is 176 Å². The van der Waals surface area contributed by atoms with Gasteiger partial charge < -0.3 is 67.0 Å². The summed E-state index contributed by atoms with van der Waals surface area (Å²) in [5.74, 6) is -0.497. The average molecular weight is 1350 g/mol. The van der Waals surface area contributed by atoms with Crippen molar-refractivity contribution in [1.82, 2.24) is 39.0 Å². The Morgan fingerprint density at radius 2 is 1.06 bits per heavy atom. The molecule has 0 bridgehead atoms. The van der Waals surface area contributed by atoms with E-state index in [9.17, 15) is 19.5 Å². The van der Waals surface area contributed by atoms with E-state index >= 15 is 0 Å². The van der Waals surface area contributed by atoms with Crippen molar-refractivity contribution >= 4 is 109 Å². The van der Waals surface area contributed by atoms with Crippen molar-refractivity contribution in [1.29, 1.82) is 0 Å². The van der Waals surface area contributed by atoms with E-state index in [2.05, 4.69) is 171 Å². The van der Waals surface area contributed by atoms with Crippen LogP contribution in [0.2, 0.25) is 44.3 Å². The number of aromatic nitrogens is 8. The summed E-state index contributed by atoms with van der Waals surface area (Å²) in [6.07, 6.45) is 1.42. The van der Waals surface area contributed by atoms with Gasteiger partial charge in [-0.2, -0.15) is 19.9 Å². The fourth-order valence-corrected chi connectivity index (χ4v) is 34.5. The number of allylic oxidation sites excluding steroid dienone is 1. The number of nitrogens with one attached hydrogen (secondary N) is 2. The molecule has 0 saturated carbocycles. The molecule has 0 aromatic carbocycles. The smallest absolute Gasteiger partial charge is 1.00 e. The summed E-state index contributed by atoms with van der Waals surface area (Å²) in [4.78, 5) is 63.8. The van der Waals surface area contributed by atoms with Crippen LogP contribution in [0.3, 0.4) is 0 Å². The Labute approximate surface area is 538 Å². The third-order valence-electron chi connectivity index (χ3n) is 16.1. The van der Waals surface area contributed by atoms with E-state index in [1.165, 1.54) is 51.4 Å². The quantitative estimate of drug-likeness (QED) is 0.0591. The van der Waals surface area contributed by atoms with Crippen LogP contribution in [-0.2, 0) is 49.8 Å². The first-order chi connectivity index (χ1) is 39.3. The van der Waals surface area contributed by atoms with E-state index in [0.717, 1.165) is 0 Å². The summed E-state index contributed by atoms with van der Waals surface area (Å²) >= 11 is 0. The number of amides is 2. The number of imidazole rings is 2. The van der Waals surface area contributed by atoms with E-state index < -0.39 is 76.7 Å². The Bertz CT molecular complexity index is 2960. The van der Waals surface area contributed by atoms with Gasteiger partial charge in [0, 0.05) is 20.3 Å². The van der Waals surface area contributed by atoms with E-state index in [4.69, 9.17) is 44.9 Å². The molecule has 24 nitrogen and oxygen atoms in total. The predicted octanol–water partition coefficient (Wildman–Crippen LogP) is 6.80. The van der Waals surface area contributed by atoms with Gasteiger partial charge >= 0.3 is 57.3 Å². The number of anilines is 2. The van der Waals surface area contributed by atoms with E-state index in [1.807, 2.05) is 0 Å². The first-order valence-corrected chi connectivity index (χ1v) is 37.0. The number of fused-ring (bicyclic) bond motifs is 4. The Morgan fingerprint density at radius 1 is 0.674 bits per heavy atom. The molecule has 4 aliphatic heterocycles. The van der Waals surface area contributed by atoms with Crippen LogP contribution in [0.1, 0.15) is 144 Å². The topological polar surface area (TPSA) is 275 Å². The molecule has 4 aliphatic rings. The average Bonchev–Trinajstić information content (AvgIpc) is 1.52. The van der Waals surface area contributed by atoms with Gasteiger partial charge in [-0.1, -0.05) is 117 Å². The number of carbonyl (C=O) groups excluding carboxylic acids is 3. The SMILES string of the molecule is C=CC[C@]1(O)[C@@H]2O[Si](C(C)C)(C(C)C)O[Si](C(C)C)(C(C)C)OC[C@H]2O[C@H]1n1cnc2c(OC)nc(NC(C)=O)nc21.C=C[CH2-].COc1nc(NC(C)=O)nc2c1ncn2[C@@H]1O[C@@H]2CO[Si](C(C)C)(C(C)C)O[Si](C(C)C)(C(C)C)O[C@H]2C1=O.[Br-].[Mg+2]. The predicted molar refractivity (Wildman–Crippen MR) is 334 cm³/mol. The van der Waals surface area contributed by atoms with Crippen molar-refractivity contribution < 1.29 is 81.4 Å². The second kappa shape index (κ2) is 30.0. The Morgan fingerprint density at radius 3 is 1.44 bits per heavy atom. The fourth-order valence-electron chi connectivity index (χ4n) is 12.1. The number of hydrogen-bond donors (Lipinski definition) is 3. The second-order valence-electron chi connectivity index (χ2n) is 24.4. The number of methoxy groups -OCH3 is 2. The summed E-state index contributed by atoms with van der Waals surface area (Å²) in [5.41, 5.74) is 0.710. The van der Waals surface area contributed by atoms with Gasteiger partial charge in [-0.25, -0.2) is 29.5 Å². The number of nitrogens with zero attached hydrogens (tertiary/aromatic N) is 8. The number of halogens is 1. The zero-order valence-corrected chi connectivity index (χ0v) is 61.1. The van der Waals surface area contributed by atoms with E-state index in [1.54, 1.807) is 10.6 Å². The normalized spacial score (nSPS) is 24.8. The van der Waals surface area contributed by atoms with Gasteiger partial charge in [0.2, 0.25) is 41.3 Å². The molecule has 0 unspecified atom stereocenters. The molecule has 8 heterocycles. The van der Waals surface area contributed by atoms with Crippen LogP contribution in [0.25, 0.3) is 22.3 Å². The summed E-state index contributed by atoms with van der Waals surface area (Å²) < 4.78 is 69.3. The zero-order chi connectivity index (χ0) is 62.8. The van der Waals surface area contributed by atoms with Gasteiger partial charge in [-0.05, 0) is 44.3 Å². The van der Waals surface area contributed by atoms with Crippen LogP contribution in [0.15, 0.2) is 38.0 Å². The molecule has 8 rings (SSSR count). The van der Waals surface area contributed by atoms with E-state index in [-0.39, 0.29) is 145 Å². The molecule has 0 spiro atoms. The van der Waals surface area contributed by atoms with Crippen molar-refractivity contribution in [2.75, 3.05) is 38.1 Å². The molecule has 86 heavy (non-hydrogen) atoms. The number of ether oxygens (including phenoxy) is 4. The molecule has 4 fully saturated rings. The molecule has 30 heteroatoms. The van der Waals surface area contributed by atoms with Crippen LogP contribution in [0, 0.1) is 6.92 Å². The van der Waals surface area contributed by atoms with Gasteiger partial charge in [-0.15, -0.1) is 6.58 Å². The van der Waals surface area contributed by atoms with Gasteiger partial charge in [0.1, 0.15) is 30.0 Å². The number of aliphatic hydroxyl groups is 1. The zero-order valence-electron chi connectivity index (χ0n) is 54.1. The minimum Gasteiger partial charge on any atom is -1.00 e. The molecular formula is C56H93BrMgN10O14Si4. The molecule has 7 atom stereocenters. The summed E-state index contributed by atoms with van der Waals surface area (Å²) in [6.45, 7) is 47.8. The van der Waals surface area contributed by atoms with Crippen molar-refractivity contribution in [3.63, 3.8) is 0 Å². The molecule has 0 aliphatic carbocycles. The second-order valence-corrected chi connectivity index (χ2v) is 42.1. The minimum atomic E-state index is -3.05. The largest absolute Gasteiger partial charge is 2.00 e. The third-order valence-corrected chi connectivity index (χ3v) is 36.6. The first-order valence-electron chi connectivity index (χ1n) is 29.1. The molecule has 4 aromatic rings. The van der Waals surface area contributed by atoms with Crippen LogP contribution in [0.5, 0.6) is 11.8 Å². The van der Waals surface area contributed by atoms with Gasteiger partial charge in [0.05, 0.1) is 40.1 Å². The molecule has 4 aromatic heterocycles. The molecule has 3 N–H and O–H groups in total. The number of rotatable bonds is 16. The van der Waals surface area contributed by atoms with Crippen molar-refractivity contribution in [3.8, 4) is 11.8 Å². The van der Waals surface area contributed by atoms with Gasteiger partial charge in [0.25, 0.3) is 0 Å². The minimum absolute atomic E-state index is 0. The monoisotopic (exact) mass is 1340 g/mol. The summed E-state index contributed by atoms with van der Waals surface area (Å²) in [5, 5.41) is 17.8. The van der Waals surface area contributed by atoms with Crippen molar-refractivity contribution in [2.24, 2.45) is 0 Å². The van der Waals surface area contributed by atoms with Crippen LogP contribution in [0.4, 0.5) is 11.9 Å². The van der Waals surface area contributed by atoms with Crippen molar-refractivity contribution in [3.05, 3.63) is 44.9 Å². The molecule has 0 radical (unpaired) electrons. The number of ketones is 1. The maximum Gasteiger partial charge on any atom is 2.00 e. The fraction of sp³-hybridized carbons (Fsp3) is 0.679. The number of carbonyl (C=O) groups is 3. The van der Waals surface area contributed by atoms with Gasteiger partial charge in [-0.3, -0.25) is 34.2 Å². The van der Waals surface area contributed by atoms with Gasteiger partial charge in [0.15, 0.2) is 34.8 Å². The third kappa shape index (κ3) is 14.3. The van der Waals surface area contributed by atoms with E-state index in [0.29, 0.717) is 22.3 Å². The molecule has 2 amide bonds. The molecule has 476 valence electrons. The summed E-state index contributed by atoms with van der Waals surface area (Å²) in [7, 11) is -8.73. The molecular weight excluding hydrogens is 1250 g/mol. The number of Topliss-reactive ketones (excluding diaryl/α,β-unsaturated/α-hetero) is 1. The number of hydrogen-bond acceptors (Lipinski definition) is 20. The van der Waals surface area contributed by atoms with Crippen LogP contribution < -0.4 is 37.1 Å². The van der Waals surface area contributed by atoms with Crippen molar-refractivity contribution in [2.45, 2.75) is 218 Å². The Hall–Kier alpha value is -3.59. The Balaban J connectivity index is 0.000000345.